The largest absolute Gasteiger partial charge is 0.497 e. The number of hydrogen-bond acceptors (Lipinski definition) is 3. The number of halogens is 2. The van der Waals surface area contributed by atoms with Crippen LogP contribution in [0.3, 0.4) is 0 Å². The Kier molecular flexibility index (Phi) is 3.89. The number of benzene rings is 1. The number of nitrogens with zero attached hydrogens (tertiary/aromatic N) is 2. The van der Waals surface area contributed by atoms with E-state index in [4.69, 9.17) is 16.3 Å². The van der Waals surface area contributed by atoms with E-state index in [9.17, 15) is 4.39 Å². The van der Waals surface area contributed by atoms with E-state index in [0.29, 0.717) is 11.3 Å². The van der Waals surface area contributed by atoms with Crippen LogP contribution in [0.2, 0.25) is 5.28 Å². The second-order valence-corrected chi connectivity index (χ2v) is 3.84. The normalized spacial score (nSPS) is 10.8. The molecule has 0 fully saturated rings. The molecule has 1 aromatic heterocycles. The second-order valence-electron chi connectivity index (χ2n) is 3.51. The SMILES string of the molecule is COc1ccc(/C=C/c2cnc(Cl)nc2)c(F)c1. The average molecular weight is 265 g/mol. The number of aromatic nitrogens is 2. The fourth-order valence-corrected chi connectivity index (χ4v) is 1.46. The lowest BCUT2D eigenvalue weighted by atomic mass is 10.1. The van der Waals surface area contributed by atoms with Crippen molar-refractivity contribution >= 4 is 23.8 Å². The molecule has 0 N–H and O–H groups in total. The van der Waals surface area contributed by atoms with Gasteiger partial charge in [0.1, 0.15) is 11.6 Å². The summed E-state index contributed by atoms with van der Waals surface area (Å²) in [5.41, 5.74) is 1.21. The van der Waals surface area contributed by atoms with Crippen LogP contribution in [0.4, 0.5) is 4.39 Å². The first-order chi connectivity index (χ1) is 8.69. The maximum Gasteiger partial charge on any atom is 0.222 e. The van der Waals surface area contributed by atoms with Gasteiger partial charge in [0.25, 0.3) is 0 Å². The molecule has 0 atom stereocenters. The van der Waals surface area contributed by atoms with Crippen LogP contribution in [0.5, 0.6) is 5.75 Å². The third kappa shape index (κ3) is 3.05. The minimum absolute atomic E-state index is 0.183. The van der Waals surface area contributed by atoms with Crippen molar-refractivity contribution in [2.75, 3.05) is 7.11 Å². The summed E-state index contributed by atoms with van der Waals surface area (Å²) in [6.07, 6.45) is 6.48. The van der Waals surface area contributed by atoms with Crippen molar-refractivity contribution in [1.82, 2.24) is 9.97 Å². The molecule has 0 bridgehead atoms. The summed E-state index contributed by atoms with van der Waals surface area (Å²) >= 11 is 5.57. The molecule has 0 amide bonds. The molecule has 0 aliphatic rings. The topological polar surface area (TPSA) is 35.0 Å². The Labute approximate surface area is 109 Å². The third-order valence-corrected chi connectivity index (χ3v) is 2.50. The molecular formula is C13H10ClFN2O. The monoisotopic (exact) mass is 264 g/mol. The van der Waals surface area contributed by atoms with Gasteiger partial charge in [0.15, 0.2) is 0 Å². The van der Waals surface area contributed by atoms with Gasteiger partial charge in [-0.05, 0) is 23.7 Å². The average Bonchev–Trinajstić information content (AvgIpc) is 2.39. The highest BCUT2D eigenvalue weighted by atomic mass is 35.5. The first kappa shape index (κ1) is 12.5. The van der Waals surface area contributed by atoms with Crippen LogP contribution in [0.25, 0.3) is 12.2 Å². The predicted molar refractivity (Wildman–Crippen MR) is 68.9 cm³/mol. The first-order valence-electron chi connectivity index (χ1n) is 5.18. The van der Waals surface area contributed by atoms with Gasteiger partial charge >= 0.3 is 0 Å². The summed E-state index contributed by atoms with van der Waals surface area (Å²) in [5.74, 6) is 0.139. The Hall–Kier alpha value is -1.94. The molecule has 3 nitrogen and oxygen atoms in total. The lowest BCUT2D eigenvalue weighted by Gasteiger charge is -2.01. The van der Waals surface area contributed by atoms with E-state index in [-0.39, 0.29) is 11.1 Å². The zero-order valence-corrected chi connectivity index (χ0v) is 10.4. The molecule has 0 radical (unpaired) electrons. The minimum atomic E-state index is -0.347. The van der Waals surface area contributed by atoms with Gasteiger partial charge in [-0.1, -0.05) is 12.2 Å². The molecule has 92 valence electrons. The summed E-state index contributed by atoms with van der Waals surface area (Å²) in [5, 5.41) is 0.183. The molecule has 0 saturated heterocycles. The van der Waals surface area contributed by atoms with E-state index in [2.05, 4.69) is 9.97 Å². The molecule has 1 heterocycles. The quantitative estimate of drug-likeness (QED) is 0.797. The van der Waals surface area contributed by atoms with Crippen LogP contribution in [0.15, 0.2) is 30.6 Å². The summed E-state index contributed by atoms with van der Waals surface area (Å²) in [4.78, 5) is 7.66. The zero-order chi connectivity index (χ0) is 13.0. The highest BCUT2D eigenvalue weighted by Gasteiger charge is 2.00. The number of hydrogen-bond donors (Lipinski definition) is 0. The molecule has 18 heavy (non-hydrogen) atoms. The smallest absolute Gasteiger partial charge is 0.222 e. The van der Waals surface area contributed by atoms with Gasteiger partial charge in [-0.25, -0.2) is 14.4 Å². The van der Waals surface area contributed by atoms with Crippen molar-refractivity contribution in [2.45, 2.75) is 0 Å². The van der Waals surface area contributed by atoms with E-state index >= 15 is 0 Å². The molecule has 0 aliphatic carbocycles. The Balaban J connectivity index is 2.20. The maximum atomic E-state index is 13.6. The summed E-state index contributed by atoms with van der Waals surface area (Å²) < 4.78 is 18.5. The Morgan fingerprint density at radius 3 is 2.56 bits per heavy atom. The van der Waals surface area contributed by atoms with Crippen molar-refractivity contribution in [1.29, 1.82) is 0 Å². The van der Waals surface area contributed by atoms with Crippen LogP contribution in [-0.2, 0) is 0 Å². The molecule has 2 aromatic rings. The van der Waals surface area contributed by atoms with Crippen LogP contribution in [-0.4, -0.2) is 17.1 Å². The van der Waals surface area contributed by atoms with Gasteiger partial charge < -0.3 is 4.74 Å². The highest BCUT2D eigenvalue weighted by molar-refractivity contribution is 6.28. The van der Waals surface area contributed by atoms with Crippen LogP contribution in [0, 0.1) is 5.82 Å². The van der Waals surface area contributed by atoms with Gasteiger partial charge in [-0.3, -0.25) is 0 Å². The second kappa shape index (κ2) is 5.60. The number of ether oxygens (including phenoxy) is 1. The zero-order valence-electron chi connectivity index (χ0n) is 9.60. The predicted octanol–water partition coefficient (Wildman–Crippen LogP) is 3.45. The lowest BCUT2D eigenvalue weighted by Crippen LogP contribution is -1.87. The number of methoxy groups -OCH3 is 1. The van der Waals surface area contributed by atoms with Gasteiger partial charge in [0.05, 0.1) is 7.11 Å². The Morgan fingerprint density at radius 2 is 1.94 bits per heavy atom. The van der Waals surface area contributed by atoms with Crippen molar-refractivity contribution in [2.24, 2.45) is 0 Å². The summed E-state index contributed by atoms with van der Waals surface area (Å²) in [6, 6.07) is 4.67. The minimum Gasteiger partial charge on any atom is -0.497 e. The van der Waals surface area contributed by atoms with Gasteiger partial charge in [0, 0.05) is 29.6 Å². The lowest BCUT2D eigenvalue weighted by molar-refractivity contribution is 0.411. The molecule has 0 aliphatic heterocycles. The molecule has 0 saturated carbocycles. The standard InChI is InChI=1S/C13H10ClFN2O/c1-18-11-5-4-10(12(15)6-11)3-2-9-7-16-13(14)17-8-9/h2-8H,1H3/b3-2+. The molecular weight excluding hydrogens is 255 g/mol. The molecule has 0 unspecified atom stereocenters. The maximum absolute atomic E-state index is 13.6. The molecule has 1 aromatic carbocycles. The van der Waals surface area contributed by atoms with E-state index in [1.165, 1.54) is 13.2 Å². The Bertz CT molecular complexity index is 570. The fourth-order valence-electron chi connectivity index (χ4n) is 1.36. The number of rotatable bonds is 3. The van der Waals surface area contributed by atoms with E-state index in [1.54, 1.807) is 36.7 Å². The van der Waals surface area contributed by atoms with E-state index in [1.807, 2.05) is 0 Å². The van der Waals surface area contributed by atoms with Crippen LogP contribution >= 0.6 is 11.6 Å². The highest BCUT2D eigenvalue weighted by Crippen LogP contribution is 2.18. The fraction of sp³-hybridized carbons (Fsp3) is 0.0769. The van der Waals surface area contributed by atoms with Crippen molar-refractivity contribution in [3.63, 3.8) is 0 Å². The van der Waals surface area contributed by atoms with Crippen molar-refractivity contribution < 1.29 is 9.13 Å². The van der Waals surface area contributed by atoms with E-state index in [0.717, 1.165) is 5.56 Å². The molecule has 0 spiro atoms. The first-order valence-corrected chi connectivity index (χ1v) is 5.56. The third-order valence-electron chi connectivity index (χ3n) is 2.30. The molecule has 5 heteroatoms. The summed E-state index contributed by atoms with van der Waals surface area (Å²) in [6.45, 7) is 0. The van der Waals surface area contributed by atoms with Crippen LogP contribution in [0.1, 0.15) is 11.1 Å². The van der Waals surface area contributed by atoms with Crippen molar-refractivity contribution in [3.8, 4) is 5.75 Å². The van der Waals surface area contributed by atoms with Gasteiger partial charge in [0.2, 0.25) is 5.28 Å². The molecule has 2 rings (SSSR count). The van der Waals surface area contributed by atoms with Crippen molar-refractivity contribution in [3.05, 3.63) is 52.8 Å². The van der Waals surface area contributed by atoms with E-state index < -0.39 is 0 Å². The Morgan fingerprint density at radius 1 is 1.22 bits per heavy atom. The summed E-state index contributed by atoms with van der Waals surface area (Å²) in [7, 11) is 1.50. The van der Waals surface area contributed by atoms with Gasteiger partial charge in [-0.2, -0.15) is 0 Å². The van der Waals surface area contributed by atoms with Crippen LogP contribution < -0.4 is 4.74 Å². The van der Waals surface area contributed by atoms with Gasteiger partial charge in [-0.15, -0.1) is 0 Å².